The van der Waals surface area contributed by atoms with Crippen LogP contribution in [0.3, 0.4) is 0 Å². The highest BCUT2D eigenvalue weighted by Crippen LogP contribution is 2.21. The van der Waals surface area contributed by atoms with Crippen LogP contribution in [0.25, 0.3) is 17.2 Å². The van der Waals surface area contributed by atoms with Gasteiger partial charge in [-0.2, -0.15) is 10.4 Å². The quantitative estimate of drug-likeness (QED) is 0.688. The molecule has 1 N–H and O–H groups in total. The maximum Gasteiger partial charge on any atom is 0.239 e. The number of piperazine rings is 1. The number of benzene rings is 1. The number of carbonyl (C=O) groups excluding carboxylic acids is 1. The van der Waals surface area contributed by atoms with Crippen LogP contribution in [0, 0.1) is 11.3 Å². The first-order chi connectivity index (χ1) is 14.6. The Morgan fingerprint density at radius 2 is 2.00 bits per heavy atom. The molecule has 0 bridgehead atoms. The first-order valence-corrected chi connectivity index (χ1v) is 9.71. The van der Waals surface area contributed by atoms with E-state index < -0.39 is 0 Å². The maximum atomic E-state index is 12.6. The largest absolute Gasteiger partial charge is 0.309 e. The highest BCUT2D eigenvalue weighted by atomic mass is 16.2. The van der Waals surface area contributed by atoms with Crippen LogP contribution in [0.15, 0.2) is 48.8 Å². The molecule has 30 heavy (non-hydrogen) atoms. The van der Waals surface area contributed by atoms with E-state index in [4.69, 9.17) is 0 Å². The lowest BCUT2D eigenvalue weighted by Crippen LogP contribution is -2.47. The van der Waals surface area contributed by atoms with Gasteiger partial charge in [0.2, 0.25) is 5.91 Å². The first-order valence-electron chi connectivity index (χ1n) is 9.71. The van der Waals surface area contributed by atoms with Crippen molar-refractivity contribution in [3.05, 3.63) is 54.4 Å². The normalized spacial score (nSPS) is 14.9. The second-order valence-corrected chi connectivity index (χ2v) is 7.21. The van der Waals surface area contributed by atoms with E-state index in [0.29, 0.717) is 35.1 Å². The van der Waals surface area contributed by atoms with Crippen molar-refractivity contribution in [2.45, 2.75) is 0 Å². The van der Waals surface area contributed by atoms with Crippen molar-refractivity contribution in [1.82, 2.24) is 29.5 Å². The molecular formula is C21H22N8O. The lowest BCUT2D eigenvalue weighted by molar-refractivity contribution is -0.117. The molecular weight excluding hydrogens is 380 g/mol. The smallest absolute Gasteiger partial charge is 0.239 e. The molecule has 1 aliphatic heterocycles. The number of nitrogens with zero attached hydrogens (tertiary/aromatic N) is 7. The Labute approximate surface area is 174 Å². The minimum Gasteiger partial charge on any atom is -0.309 e. The Morgan fingerprint density at radius 3 is 2.73 bits per heavy atom. The molecule has 0 spiro atoms. The molecule has 4 rings (SSSR count). The average molecular weight is 402 g/mol. The van der Waals surface area contributed by atoms with Gasteiger partial charge >= 0.3 is 0 Å². The molecule has 1 amide bonds. The Morgan fingerprint density at radius 1 is 1.17 bits per heavy atom. The van der Waals surface area contributed by atoms with Crippen molar-refractivity contribution in [2.24, 2.45) is 0 Å². The van der Waals surface area contributed by atoms with Crippen LogP contribution in [0.2, 0.25) is 0 Å². The fourth-order valence-corrected chi connectivity index (χ4v) is 3.27. The number of nitrogens with one attached hydrogen (secondary N) is 1. The van der Waals surface area contributed by atoms with Crippen molar-refractivity contribution in [2.75, 3.05) is 45.1 Å². The number of anilines is 1. The van der Waals surface area contributed by atoms with Crippen molar-refractivity contribution in [1.29, 1.82) is 5.26 Å². The van der Waals surface area contributed by atoms with Gasteiger partial charge in [-0.1, -0.05) is 12.1 Å². The highest BCUT2D eigenvalue weighted by molar-refractivity contribution is 5.91. The number of carbonyl (C=O) groups is 1. The lowest BCUT2D eigenvalue weighted by Gasteiger charge is -2.31. The molecule has 1 fully saturated rings. The first kappa shape index (κ1) is 19.7. The molecule has 1 aromatic carbocycles. The summed E-state index contributed by atoms with van der Waals surface area (Å²) in [6.07, 6.45) is 3.43. The number of amides is 1. The van der Waals surface area contributed by atoms with Crippen LogP contribution in [-0.2, 0) is 4.79 Å². The minimum absolute atomic E-state index is 0.124. The standard InChI is InChI=1S/C21H22N8O/c1-27-8-10-28(11-9-27)15-20(30)24-18-13-19(29-7-3-6-23-29)26-21(25-18)17-5-2-4-16(12-17)14-22/h2-7,12-13H,8-11,15H2,1H3,(H,24,25,26,30). The molecule has 1 aliphatic rings. The Bertz CT molecular complexity index is 1060. The van der Waals surface area contributed by atoms with Crippen molar-refractivity contribution in [3.63, 3.8) is 0 Å². The summed E-state index contributed by atoms with van der Waals surface area (Å²) in [5.74, 6) is 1.21. The highest BCUT2D eigenvalue weighted by Gasteiger charge is 2.18. The van der Waals surface area contributed by atoms with Crippen LogP contribution in [-0.4, -0.2) is 75.2 Å². The molecule has 0 atom stereocenters. The number of nitriles is 1. The number of likely N-dealkylation sites (N-methyl/N-ethyl adjacent to an activating group) is 1. The molecule has 9 heteroatoms. The third-order valence-electron chi connectivity index (χ3n) is 4.93. The van der Waals surface area contributed by atoms with E-state index in [0.717, 1.165) is 26.2 Å². The molecule has 9 nitrogen and oxygen atoms in total. The molecule has 3 heterocycles. The second kappa shape index (κ2) is 8.82. The van der Waals surface area contributed by atoms with Gasteiger partial charge in [0.1, 0.15) is 5.82 Å². The summed E-state index contributed by atoms with van der Waals surface area (Å²) >= 11 is 0. The summed E-state index contributed by atoms with van der Waals surface area (Å²) in [7, 11) is 2.08. The third-order valence-corrected chi connectivity index (χ3v) is 4.93. The van der Waals surface area contributed by atoms with Gasteiger partial charge in [-0.25, -0.2) is 14.6 Å². The Hall–Kier alpha value is -3.61. The fraction of sp³-hybridized carbons (Fsp3) is 0.286. The third kappa shape index (κ3) is 4.68. The van der Waals surface area contributed by atoms with Crippen LogP contribution in [0.4, 0.5) is 5.82 Å². The summed E-state index contributed by atoms with van der Waals surface area (Å²) in [4.78, 5) is 26.1. The summed E-state index contributed by atoms with van der Waals surface area (Å²) in [5, 5.41) is 16.3. The molecule has 0 saturated carbocycles. The van der Waals surface area contributed by atoms with Crippen molar-refractivity contribution in [3.8, 4) is 23.3 Å². The number of aromatic nitrogens is 4. The van der Waals surface area contributed by atoms with E-state index in [9.17, 15) is 10.1 Å². The predicted molar refractivity (Wildman–Crippen MR) is 112 cm³/mol. The van der Waals surface area contributed by atoms with Gasteiger partial charge in [0.05, 0.1) is 18.2 Å². The van der Waals surface area contributed by atoms with Crippen molar-refractivity contribution < 1.29 is 4.79 Å². The lowest BCUT2D eigenvalue weighted by atomic mass is 10.1. The van der Waals surface area contributed by atoms with Crippen LogP contribution < -0.4 is 5.32 Å². The number of hydrogen-bond acceptors (Lipinski definition) is 7. The maximum absolute atomic E-state index is 12.6. The van der Waals surface area contributed by atoms with Crippen LogP contribution >= 0.6 is 0 Å². The topological polar surface area (TPSA) is 103 Å². The molecule has 1 saturated heterocycles. The summed E-state index contributed by atoms with van der Waals surface area (Å²) in [5.41, 5.74) is 1.21. The molecule has 152 valence electrons. The van der Waals surface area contributed by atoms with E-state index in [1.54, 1.807) is 47.4 Å². The number of rotatable bonds is 5. The fourth-order valence-electron chi connectivity index (χ4n) is 3.27. The summed E-state index contributed by atoms with van der Waals surface area (Å²) in [6.45, 7) is 3.93. The van der Waals surface area contributed by atoms with Crippen LogP contribution in [0.5, 0.6) is 0 Å². The Balaban J connectivity index is 1.59. The van der Waals surface area contributed by atoms with Gasteiger partial charge < -0.3 is 10.2 Å². The van der Waals surface area contributed by atoms with Gasteiger partial charge in [0.15, 0.2) is 11.6 Å². The Kier molecular flexibility index (Phi) is 5.79. The molecule has 2 aromatic heterocycles. The second-order valence-electron chi connectivity index (χ2n) is 7.21. The molecule has 0 radical (unpaired) electrons. The molecule has 0 unspecified atom stereocenters. The monoisotopic (exact) mass is 402 g/mol. The van der Waals surface area contributed by atoms with Crippen molar-refractivity contribution >= 4 is 11.7 Å². The zero-order chi connectivity index (χ0) is 20.9. The summed E-state index contributed by atoms with van der Waals surface area (Å²) < 4.78 is 1.61. The zero-order valence-corrected chi connectivity index (χ0v) is 16.7. The van der Waals surface area contributed by atoms with Gasteiger partial charge in [-0.3, -0.25) is 9.69 Å². The van der Waals surface area contributed by atoms with Crippen LogP contribution in [0.1, 0.15) is 5.56 Å². The minimum atomic E-state index is -0.124. The van der Waals surface area contributed by atoms with E-state index in [1.165, 1.54) is 0 Å². The van der Waals surface area contributed by atoms with E-state index in [2.05, 4.69) is 43.3 Å². The predicted octanol–water partition coefficient (Wildman–Crippen LogP) is 1.39. The zero-order valence-electron chi connectivity index (χ0n) is 16.7. The SMILES string of the molecule is CN1CCN(CC(=O)Nc2cc(-n3cccn3)nc(-c3cccc(C#N)c3)n2)CC1. The molecule has 0 aliphatic carbocycles. The van der Waals surface area contributed by atoms with Gasteiger partial charge in [-0.05, 0) is 25.2 Å². The van der Waals surface area contributed by atoms with Gasteiger partial charge in [0, 0.05) is 50.2 Å². The summed E-state index contributed by atoms with van der Waals surface area (Å²) in [6, 6.07) is 12.7. The van der Waals surface area contributed by atoms with E-state index in [1.807, 2.05) is 6.07 Å². The average Bonchev–Trinajstić information content (AvgIpc) is 3.30. The van der Waals surface area contributed by atoms with Gasteiger partial charge in [-0.15, -0.1) is 0 Å². The van der Waals surface area contributed by atoms with E-state index >= 15 is 0 Å². The van der Waals surface area contributed by atoms with E-state index in [-0.39, 0.29) is 5.91 Å². The molecule has 3 aromatic rings. The number of hydrogen-bond donors (Lipinski definition) is 1. The van der Waals surface area contributed by atoms with Gasteiger partial charge in [0.25, 0.3) is 0 Å².